The topological polar surface area (TPSA) is 79.3 Å². The number of nitrogens with zero attached hydrogens (tertiary/aromatic N) is 5. The Morgan fingerprint density at radius 3 is 2.40 bits per heavy atom. The predicted octanol–water partition coefficient (Wildman–Crippen LogP) is 5.84. The average molecular weight is 586 g/mol. The van der Waals surface area contributed by atoms with E-state index in [9.17, 15) is 9.59 Å². The van der Waals surface area contributed by atoms with Gasteiger partial charge in [-0.2, -0.15) is 0 Å². The lowest BCUT2D eigenvalue weighted by Gasteiger charge is -2.36. The van der Waals surface area contributed by atoms with E-state index in [2.05, 4.69) is 26.7 Å². The van der Waals surface area contributed by atoms with E-state index >= 15 is 0 Å². The number of carbonyl (C=O) groups excluding carboxylic acids is 2. The number of fused-ring (bicyclic) bond motifs is 1. The quantitative estimate of drug-likeness (QED) is 0.203. The van der Waals surface area contributed by atoms with Crippen LogP contribution in [0.4, 0.5) is 0 Å². The molecule has 6 rings (SSSR count). The van der Waals surface area contributed by atoms with Gasteiger partial charge in [0.25, 0.3) is 0 Å². The molecule has 0 N–H and O–H groups in total. The van der Waals surface area contributed by atoms with Gasteiger partial charge in [-0.1, -0.05) is 89.4 Å². The number of hydrogen-bond donors (Lipinski definition) is 0. The number of pyridine rings is 1. The Labute approximate surface area is 255 Å². The van der Waals surface area contributed by atoms with Crippen LogP contribution in [0, 0.1) is 0 Å². The largest absolute Gasteiger partial charge is 0.336 e. The van der Waals surface area contributed by atoms with Crippen LogP contribution in [0.3, 0.4) is 0 Å². The molecule has 3 aromatic carbocycles. The summed E-state index contributed by atoms with van der Waals surface area (Å²) in [6.45, 7) is 1.42. The Morgan fingerprint density at radius 1 is 0.884 bits per heavy atom. The minimum Gasteiger partial charge on any atom is -0.336 e. The van der Waals surface area contributed by atoms with Crippen molar-refractivity contribution in [3.05, 3.63) is 143 Å². The third-order valence-corrected chi connectivity index (χ3v) is 8.22. The zero-order valence-electron chi connectivity index (χ0n) is 23.6. The van der Waals surface area contributed by atoms with E-state index in [1.165, 1.54) is 23.2 Å². The zero-order valence-corrected chi connectivity index (χ0v) is 24.4. The molecule has 8 heteroatoms. The van der Waals surface area contributed by atoms with Crippen LogP contribution in [0.1, 0.15) is 27.9 Å². The van der Waals surface area contributed by atoms with Crippen LogP contribution < -0.4 is 0 Å². The normalized spacial score (nSPS) is 13.4. The third kappa shape index (κ3) is 6.93. The van der Waals surface area contributed by atoms with Gasteiger partial charge in [-0.15, -0.1) is 5.10 Å². The highest BCUT2D eigenvalue weighted by Gasteiger charge is 2.34. The summed E-state index contributed by atoms with van der Waals surface area (Å²) in [7, 11) is 0. The maximum atomic E-state index is 14.4. The van der Waals surface area contributed by atoms with Crippen LogP contribution in [0.25, 0.3) is 17.3 Å². The molecule has 0 saturated carbocycles. The predicted molar refractivity (Wildman–Crippen MR) is 169 cm³/mol. The van der Waals surface area contributed by atoms with Crippen molar-refractivity contribution in [2.45, 2.75) is 32.0 Å². The summed E-state index contributed by atoms with van der Waals surface area (Å²) in [6.07, 6.45) is 6.12. The van der Waals surface area contributed by atoms with Gasteiger partial charge in [0.05, 0.1) is 11.4 Å². The summed E-state index contributed by atoms with van der Waals surface area (Å²) < 4.78 is 3.89. The highest BCUT2D eigenvalue weighted by molar-refractivity contribution is 7.03. The highest BCUT2D eigenvalue weighted by Crippen LogP contribution is 2.24. The van der Waals surface area contributed by atoms with Crippen molar-refractivity contribution < 1.29 is 9.59 Å². The van der Waals surface area contributed by atoms with E-state index in [0.29, 0.717) is 25.2 Å². The van der Waals surface area contributed by atoms with Crippen molar-refractivity contribution in [2.75, 3.05) is 6.54 Å². The van der Waals surface area contributed by atoms with Gasteiger partial charge in [0.1, 0.15) is 6.04 Å². The van der Waals surface area contributed by atoms with E-state index in [-0.39, 0.29) is 18.4 Å². The molecule has 2 amide bonds. The lowest BCUT2D eigenvalue weighted by Crippen LogP contribution is -2.52. The standard InChI is InChI=1S/C35H31N5O2S/c41-34(18-17-31-25-43-38-37-31)40(23-27-13-15-29(16-14-27)32-12-6-7-20-36-32)33(22-26-8-2-1-3-9-26)35(42)39-21-19-28-10-4-5-11-30(28)24-39/h1-18,20,25,33H,19,21-24H2/t33-/m0/s1. The number of rotatable bonds is 9. The first-order valence-corrected chi connectivity index (χ1v) is 15.1. The molecule has 0 unspecified atom stereocenters. The summed E-state index contributed by atoms with van der Waals surface area (Å²) in [5.41, 5.74) is 6.81. The second kappa shape index (κ2) is 13.4. The monoisotopic (exact) mass is 585 g/mol. The van der Waals surface area contributed by atoms with Crippen molar-refractivity contribution in [1.82, 2.24) is 24.4 Å². The molecule has 3 heterocycles. The summed E-state index contributed by atoms with van der Waals surface area (Å²) in [6, 6.07) is 31.3. The fraction of sp³-hybridized carbons (Fsp3) is 0.171. The van der Waals surface area contributed by atoms with E-state index in [1.807, 2.05) is 89.8 Å². The summed E-state index contributed by atoms with van der Waals surface area (Å²) in [4.78, 5) is 36.4. The first-order valence-electron chi connectivity index (χ1n) is 14.3. The van der Waals surface area contributed by atoms with Gasteiger partial charge in [0.15, 0.2) is 0 Å². The average Bonchev–Trinajstić information content (AvgIpc) is 3.60. The highest BCUT2D eigenvalue weighted by atomic mass is 32.1. The van der Waals surface area contributed by atoms with Crippen molar-refractivity contribution in [3.8, 4) is 11.3 Å². The molecule has 5 aromatic rings. The molecule has 1 atom stereocenters. The van der Waals surface area contributed by atoms with Gasteiger partial charge in [-0.3, -0.25) is 14.6 Å². The van der Waals surface area contributed by atoms with Crippen LogP contribution in [-0.2, 0) is 35.5 Å². The second-order valence-corrected chi connectivity index (χ2v) is 11.1. The van der Waals surface area contributed by atoms with Crippen molar-refractivity contribution in [2.24, 2.45) is 0 Å². The van der Waals surface area contributed by atoms with Gasteiger partial charge in [-0.25, -0.2) is 0 Å². The van der Waals surface area contributed by atoms with Gasteiger partial charge < -0.3 is 9.80 Å². The molecule has 0 saturated heterocycles. The number of carbonyl (C=O) groups is 2. The molecule has 0 radical (unpaired) electrons. The van der Waals surface area contributed by atoms with E-state index in [4.69, 9.17) is 0 Å². The number of benzene rings is 3. The Hall–Kier alpha value is -4.95. The zero-order chi connectivity index (χ0) is 29.4. The van der Waals surface area contributed by atoms with Crippen molar-refractivity contribution >= 4 is 29.4 Å². The molecule has 0 spiro atoms. The number of hydrogen-bond acceptors (Lipinski definition) is 6. The SMILES string of the molecule is O=C([C@H](Cc1ccccc1)N(Cc1ccc(-c2ccccn2)cc1)C(=O)C=Cc1csnn1)N1CCc2ccccc2C1. The molecule has 43 heavy (non-hydrogen) atoms. The van der Waals surface area contributed by atoms with E-state index in [0.717, 1.165) is 34.4 Å². The molecular formula is C35H31N5O2S. The molecule has 1 aliphatic heterocycles. The number of amides is 2. The lowest BCUT2D eigenvalue weighted by molar-refractivity contribution is -0.144. The fourth-order valence-electron chi connectivity index (χ4n) is 5.41. The third-order valence-electron chi connectivity index (χ3n) is 7.70. The molecule has 7 nitrogen and oxygen atoms in total. The Kier molecular flexibility index (Phi) is 8.75. The van der Waals surface area contributed by atoms with Crippen LogP contribution in [-0.4, -0.2) is 48.8 Å². The Bertz CT molecular complexity index is 1690. The van der Waals surface area contributed by atoms with E-state index < -0.39 is 6.04 Å². The van der Waals surface area contributed by atoms with E-state index in [1.54, 1.807) is 22.6 Å². The van der Waals surface area contributed by atoms with Crippen molar-refractivity contribution in [3.63, 3.8) is 0 Å². The molecule has 0 bridgehead atoms. The molecule has 0 fully saturated rings. The van der Waals surface area contributed by atoms with Crippen LogP contribution in [0.5, 0.6) is 0 Å². The molecule has 0 aliphatic carbocycles. The first-order chi connectivity index (χ1) is 21.1. The summed E-state index contributed by atoms with van der Waals surface area (Å²) in [5.74, 6) is -0.311. The molecule has 214 valence electrons. The molecule has 1 aliphatic rings. The maximum absolute atomic E-state index is 14.4. The first kappa shape index (κ1) is 28.2. The maximum Gasteiger partial charge on any atom is 0.247 e. The Morgan fingerprint density at radius 2 is 1.65 bits per heavy atom. The minimum atomic E-state index is -0.700. The second-order valence-electron chi connectivity index (χ2n) is 10.5. The van der Waals surface area contributed by atoms with Crippen LogP contribution >= 0.6 is 11.5 Å². The summed E-state index contributed by atoms with van der Waals surface area (Å²) >= 11 is 1.22. The van der Waals surface area contributed by atoms with Gasteiger partial charge >= 0.3 is 0 Å². The van der Waals surface area contributed by atoms with Crippen LogP contribution in [0.2, 0.25) is 0 Å². The van der Waals surface area contributed by atoms with Gasteiger partial charge in [0.2, 0.25) is 11.8 Å². The smallest absolute Gasteiger partial charge is 0.247 e. The van der Waals surface area contributed by atoms with Gasteiger partial charge in [0, 0.05) is 49.3 Å². The van der Waals surface area contributed by atoms with Crippen LogP contribution in [0.15, 0.2) is 115 Å². The number of aromatic nitrogens is 3. The summed E-state index contributed by atoms with van der Waals surface area (Å²) in [5, 5.41) is 5.82. The Balaban J connectivity index is 1.33. The van der Waals surface area contributed by atoms with Gasteiger partial charge in [-0.05, 0) is 58.4 Å². The van der Waals surface area contributed by atoms with Crippen molar-refractivity contribution in [1.29, 1.82) is 0 Å². The minimum absolute atomic E-state index is 0.0551. The fourth-order valence-corrected chi connectivity index (χ4v) is 5.83. The lowest BCUT2D eigenvalue weighted by atomic mass is 9.97. The molecular weight excluding hydrogens is 554 g/mol. The molecule has 2 aromatic heterocycles.